The number of halogens is 3. The Balaban J connectivity index is 1.92. The molecule has 2 rings (SSSR count). The second-order valence-corrected chi connectivity index (χ2v) is 4.03. The minimum atomic E-state index is -4.32. The fourth-order valence-corrected chi connectivity index (χ4v) is 1.55. The van der Waals surface area contributed by atoms with Gasteiger partial charge in [0.1, 0.15) is 12.4 Å². The van der Waals surface area contributed by atoms with E-state index in [-0.39, 0.29) is 24.9 Å². The van der Waals surface area contributed by atoms with E-state index in [0.717, 1.165) is 0 Å². The number of aromatic nitrogens is 4. The Labute approximate surface area is 111 Å². The molecule has 0 radical (unpaired) electrons. The van der Waals surface area contributed by atoms with Gasteiger partial charge in [-0.15, -0.1) is 0 Å². The molecule has 0 amide bonds. The average molecular weight is 290 g/mol. The molecule has 2 heterocycles. The highest BCUT2D eigenvalue weighted by Gasteiger charge is 2.27. The number of ether oxygens (including phenoxy) is 1. The van der Waals surface area contributed by atoms with Gasteiger partial charge in [-0.25, -0.2) is 0 Å². The zero-order valence-corrected chi connectivity index (χ0v) is 10.6. The zero-order valence-electron chi connectivity index (χ0n) is 10.6. The van der Waals surface area contributed by atoms with Crippen LogP contribution >= 0.6 is 0 Å². The van der Waals surface area contributed by atoms with Gasteiger partial charge in [0.05, 0.1) is 18.2 Å². The van der Waals surface area contributed by atoms with E-state index in [1.807, 2.05) is 0 Å². The van der Waals surface area contributed by atoms with Crippen molar-refractivity contribution in [2.75, 3.05) is 30.8 Å². The third-order valence-electron chi connectivity index (χ3n) is 2.42. The van der Waals surface area contributed by atoms with Crippen molar-refractivity contribution in [1.29, 1.82) is 0 Å². The maximum Gasteiger partial charge on any atom is 0.411 e. The molecule has 0 atom stereocenters. The van der Waals surface area contributed by atoms with Gasteiger partial charge < -0.3 is 15.8 Å². The van der Waals surface area contributed by atoms with Crippen LogP contribution in [0.1, 0.15) is 0 Å². The minimum Gasteiger partial charge on any atom is -0.383 e. The molecule has 7 nitrogen and oxygen atoms in total. The number of nitrogens with two attached hydrogens (primary N) is 1. The molecular weight excluding hydrogens is 277 g/mol. The summed E-state index contributed by atoms with van der Waals surface area (Å²) in [6.07, 6.45) is -2.78. The molecule has 20 heavy (non-hydrogen) atoms. The fraction of sp³-hybridized carbons (Fsp3) is 0.500. The quantitative estimate of drug-likeness (QED) is 0.796. The summed E-state index contributed by atoms with van der Waals surface area (Å²) >= 11 is 0. The molecule has 110 valence electrons. The third kappa shape index (κ3) is 3.47. The van der Waals surface area contributed by atoms with Crippen LogP contribution in [0, 0.1) is 0 Å². The number of anilines is 2. The van der Waals surface area contributed by atoms with E-state index < -0.39 is 12.8 Å². The summed E-state index contributed by atoms with van der Waals surface area (Å²) in [5.74, 6) is 0.469. The van der Waals surface area contributed by atoms with Crippen LogP contribution in [0.25, 0.3) is 11.0 Å². The van der Waals surface area contributed by atoms with Crippen molar-refractivity contribution >= 4 is 22.8 Å². The van der Waals surface area contributed by atoms with Gasteiger partial charge in [-0.3, -0.25) is 4.68 Å². The fourth-order valence-electron chi connectivity index (χ4n) is 1.55. The highest BCUT2D eigenvalue weighted by Crippen LogP contribution is 2.18. The summed E-state index contributed by atoms with van der Waals surface area (Å²) in [6, 6.07) is 0. The summed E-state index contributed by atoms with van der Waals surface area (Å²) in [4.78, 5) is 8.15. The number of nitrogen functional groups attached to an aromatic ring is 1. The van der Waals surface area contributed by atoms with Gasteiger partial charge in [-0.2, -0.15) is 28.2 Å². The number of alkyl halides is 3. The van der Waals surface area contributed by atoms with Gasteiger partial charge in [0.25, 0.3) is 0 Å². The molecule has 0 unspecified atom stereocenters. The second kappa shape index (κ2) is 5.49. The lowest BCUT2D eigenvalue weighted by Crippen LogP contribution is -2.20. The molecule has 10 heteroatoms. The van der Waals surface area contributed by atoms with Crippen molar-refractivity contribution in [2.24, 2.45) is 7.05 Å². The van der Waals surface area contributed by atoms with Gasteiger partial charge in [-0.05, 0) is 0 Å². The van der Waals surface area contributed by atoms with Crippen molar-refractivity contribution in [3.63, 3.8) is 0 Å². The summed E-state index contributed by atoms with van der Waals surface area (Å²) < 4.78 is 41.5. The van der Waals surface area contributed by atoms with Gasteiger partial charge in [-0.1, -0.05) is 0 Å². The van der Waals surface area contributed by atoms with Crippen molar-refractivity contribution in [3.05, 3.63) is 6.20 Å². The largest absolute Gasteiger partial charge is 0.411 e. The number of hydrogen-bond donors (Lipinski definition) is 2. The van der Waals surface area contributed by atoms with Crippen molar-refractivity contribution in [3.8, 4) is 0 Å². The van der Waals surface area contributed by atoms with E-state index in [2.05, 4.69) is 25.1 Å². The van der Waals surface area contributed by atoms with Crippen LogP contribution in [-0.4, -0.2) is 45.7 Å². The van der Waals surface area contributed by atoms with Crippen LogP contribution in [0.3, 0.4) is 0 Å². The van der Waals surface area contributed by atoms with E-state index in [1.54, 1.807) is 13.2 Å². The predicted molar refractivity (Wildman–Crippen MR) is 66.1 cm³/mol. The number of nitrogens with one attached hydrogen (secondary N) is 1. The van der Waals surface area contributed by atoms with Gasteiger partial charge in [0, 0.05) is 13.6 Å². The first kappa shape index (κ1) is 14.3. The molecule has 0 saturated carbocycles. The van der Waals surface area contributed by atoms with Crippen molar-refractivity contribution in [1.82, 2.24) is 19.7 Å². The normalized spacial score (nSPS) is 12.0. The van der Waals surface area contributed by atoms with E-state index in [9.17, 15) is 13.2 Å². The highest BCUT2D eigenvalue weighted by atomic mass is 19.4. The lowest BCUT2D eigenvalue weighted by Gasteiger charge is -2.09. The maximum absolute atomic E-state index is 11.8. The first-order valence-corrected chi connectivity index (χ1v) is 5.70. The Morgan fingerprint density at radius 1 is 1.40 bits per heavy atom. The monoisotopic (exact) mass is 290 g/mol. The molecule has 3 N–H and O–H groups in total. The smallest absolute Gasteiger partial charge is 0.383 e. The molecule has 2 aromatic rings. The van der Waals surface area contributed by atoms with Crippen LogP contribution in [0.15, 0.2) is 6.20 Å². The number of rotatable bonds is 5. The van der Waals surface area contributed by atoms with Gasteiger partial charge >= 0.3 is 6.18 Å². The Bertz CT molecular complexity index is 596. The Hall–Kier alpha value is -2.10. The van der Waals surface area contributed by atoms with Gasteiger partial charge in [0.15, 0.2) is 5.65 Å². The van der Waals surface area contributed by atoms with Crippen LogP contribution in [-0.2, 0) is 11.8 Å². The molecule has 0 aliphatic rings. The van der Waals surface area contributed by atoms with E-state index in [1.165, 1.54) is 4.68 Å². The van der Waals surface area contributed by atoms with Crippen molar-refractivity contribution < 1.29 is 17.9 Å². The molecule has 0 aromatic carbocycles. The molecular formula is C10H13F3N6O. The van der Waals surface area contributed by atoms with Crippen LogP contribution in [0.4, 0.5) is 24.9 Å². The van der Waals surface area contributed by atoms with E-state index >= 15 is 0 Å². The van der Waals surface area contributed by atoms with Crippen LogP contribution in [0.2, 0.25) is 0 Å². The molecule has 0 fully saturated rings. The standard InChI is InChI=1S/C10H13F3N6O/c1-19-8-6(4-16-19)7(14)17-9(18-8)15-2-3-20-5-10(11,12)13/h4H,2-3,5H2,1H3,(H3,14,15,17,18). The summed E-state index contributed by atoms with van der Waals surface area (Å²) in [7, 11) is 1.70. The Kier molecular flexibility index (Phi) is 3.93. The molecule has 2 aromatic heterocycles. The summed E-state index contributed by atoms with van der Waals surface area (Å²) in [5, 5.41) is 7.35. The summed E-state index contributed by atoms with van der Waals surface area (Å²) in [5.41, 5.74) is 6.27. The number of hydrogen-bond acceptors (Lipinski definition) is 6. The summed E-state index contributed by atoms with van der Waals surface area (Å²) in [6.45, 7) is -1.26. The molecule has 0 aliphatic heterocycles. The first-order chi connectivity index (χ1) is 9.37. The SMILES string of the molecule is Cn1ncc2c(N)nc(NCCOCC(F)(F)F)nc21. The zero-order chi connectivity index (χ0) is 14.8. The average Bonchev–Trinajstić information content (AvgIpc) is 2.70. The van der Waals surface area contributed by atoms with Crippen LogP contribution in [0.5, 0.6) is 0 Å². The second-order valence-electron chi connectivity index (χ2n) is 4.03. The van der Waals surface area contributed by atoms with E-state index in [0.29, 0.717) is 11.0 Å². The third-order valence-corrected chi connectivity index (χ3v) is 2.42. The van der Waals surface area contributed by atoms with E-state index in [4.69, 9.17) is 5.73 Å². The lowest BCUT2D eigenvalue weighted by atomic mass is 10.4. The van der Waals surface area contributed by atoms with Crippen LogP contribution < -0.4 is 11.1 Å². The molecule has 0 spiro atoms. The first-order valence-electron chi connectivity index (χ1n) is 5.70. The number of nitrogens with zero attached hydrogens (tertiary/aromatic N) is 4. The predicted octanol–water partition coefficient (Wildman–Crippen LogP) is 0.936. The highest BCUT2D eigenvalue weighted by molar-refractivity contribution is 5.86. The maximum atomic E-state index is 11.8. The molecule has 0 bridgehead atoms. The topological polar surface area (TPSA) is 90.9 Å². The Morgan fingerprint density at radius 2 is 2.15 bits per heavy atom. The van der Waals surface area contributed by atoms with Gasteiger partial charge in [0.2, 0.25) is 5.95 Å². The van der Waals surface area contributed by atoms with Crippen molar-refractivity contribution in [2.45, 2.75) is 6.18 Å². The minimum absolute atomic E-state index is 0.119. The molecule has 0 aliphatic carbocycles. The number of fused-ring (bicyclic) bond motifs is 1. The molecule has 0 saturated heterocycles. The Morgan fingerprint density at radius 3 is 2.85 bits per heavy atom. The lowest BCUT2D eigenvalue weighted by molar-refractivity contribution is -0.172. The number of aryl methyl sites for hydroxylation is 1.